The van der Waals surface area contributed by atoms with E-state index in [9.17, 15) is 18.0 Å². The number of halogens is 4. The number of amides is 1. The summed E-state index contributed by atoms with van der Waals surface area (Å²) in [5.74, 6) is -0.706. The number of aromatic nitrogens is 2. The van der Waals surface area contributed by atoms with Gasteiger partial charge in [0.15, 0.2) is 5.69 Å². The summed E-state index contributed by atoms with van der Waals surface area (Å²) in [6.07, 6.45) is -4.55. The Labute approximate surface area is 120 Å². The third-order valence-electron chi connectivity index (χ3n) is 2.52. The second kappa shape index (κ2) is 5.28. The zero-order valence-electron chi connectivity index (χ0n) is 10.2. The van der Waals surface area contributed by atoms with Crippen LogP contribution in [-0.4, -0.2) is 15.7 Å². The first-order valence-corrected chi connectivity index (χ1v) is 6.25. The van der Waals surface area contributed by atoms with Crippen LogP contribution in [0.25, 0.3) is 0 Å². The Hall–Kier alpha value is -1.83. The van der Waals surface area contributed by atoms with E-state index >= 15 is 0 Å². The fourth-order valence-corrected chi connectivity index (χ4v) is 1.98. The Morgan fingerprint density at radius 2 is 2.00 bits per heavy atom. The van der Waals surface area contributed by atoms with Crippen molar-refractivity contribution in [2.24, 2.45) is 7.05 Å². The smallest absolute Gasteiger partial charge is 0.320 e. The molecule has 0 bridgehead atoms. The lowest BCUT2D eigenvalue weighted by Gasteiger charge is -2.04. The van der Waals surface area contributed by atoms with Crippen LogP contribution in [0.1, 0.15) is 16.2 Å². The maximum absolute atomic E-state index is 12.6. The maximum Gasteiger partial charge on any atom is 0.433 e. The van der Waals surface area contributed by atoms with Crippen LogP contribution < -0.4 is 5.32 Å². The predicted octanol–water partition coefficient (Wildman–Crippen LogP) is 3.45. The summed E-state index contributed by atoms with van der Waals surface area (Å²) in [6, 6.07) is 7.49. The first-order valence-electron chi connectivity index (χ1n) is 5.46. The van der Waals surface area contributed by atoms with E-state index in [1.54, 1.807) is 24.3 Å². The van der Waals surface area contributed by atoms with Crippen molar-refractivity contribution >= 4 is 27.5 Å². The SMILES string of the molecule is Cn1nc(C(=O)Nc2ccccc2Br)cc1C(F)(F)F. The molecule has 2 rings (SSSR count). The van der Waals surface area contributed by atoms with E-state index < -0.39 is 17.8 Å². The fraction of sp³-hybridized carbons (Fsp3) is 0.167. The fourth-order valence-electron chi connectivity index (χ4n) is 1.59. The summed E-state index contributed by atoms with van der Waals surface area (Å²) in [7, 11) is 1.14. The van der Waals surface area contributed by atoms with Crippen molar-refractivity contribution in [3.63, 3.8) is 0 Å². The molecule has 0 aliphatic carbocycles. The minimum atomic E-state index is -4.55. The summed E-state index contributed by atoms with van der Waals surface area (Å²) in [4.78, 5) is 11.9. The van der Waals surface area contributed by atoms with Crippen molar-refractivity contribution in [1.29, 1.82) is 0 Å². The quantitative estimate of drug-likeness (QED) is 0.904. The van der Waals surface area contributed by atoms with Crippen LogP contribution in [0.4, 0.5) is 18.9 Å². The van der Waals surface area contributed by atoms with E-state index in [-0.39, 0.29) is 5.69 Å². The van der Waals surface area contributed by atoms with Crippen molar-refractivity contribution in [1.82, 2.24) is 9.78 Å². The number of carbonyl (C=O) groups excluding carboxylic acids is 1. The first kappa shape index (κ1) is 14.6. The molecular weight excluding hydrogens is 339 g/mol. The van der Waals surface area contributed by atoms with Crippen LogP contribution >= 0.6 is 15.9 Å². The van der Waals surface area contributed by atoms with Gasteiger partial charge in [-0.1, -0.05) is 12.1 Å². The second-order valence-electron chi connectivity index (χ2n) is 3.97. The number of alkyl halides is 3. The third-order valence-corrected chi connectivity index (χ3v) is 3.22. The molecule has 0 atom stereocenters. The van der Waals surface area contributed by atoms with Gasteiger partial charge in [-0.05, 0) is 28.1 Å². The van der Waals surface area contributed by atoms with Crippen molar-refractivity contribution in [3.05, 3.63) is 46.2 Å². The van der Waals surface area contributed by atoms with Gasteiger partial charge in [-0.15, -0.1) is 0 Å². The van der Waals surface area contributed by atoms with Crippen LogP contribution in [0.5, 0.6) is 0 Å². The van der Waals surface area contributed by atoms with E-state index in [0.717, 1.165) is 7.05 Å². The van der Waals surface area contributed by atoms with Crippen LogP contribution in [0.15, 0.2) is 34.8 Å². The molecule has 0 aliphatic heterocycles. The summed E-state index contributed by atoms with van der Waals surface area (Å²) in [5, 5.41) is 6.06. The van der Waals surface area contributed by atoms with Gasteiger partial charge in [0.2, 0.25) is 0 Å². The van der Waals surface area contributed by atoms with Crippen molar-refractivity contribution in [3.8, 4) is 0 Å². The normalized spacial score (nSPS) is 11.4. The lowest BCUT2D eigenvalue weighted by Crippen LogP contribution is -2.13. The standard InChI is InChI=1S/C12H9BrF3N3O/c1-19-10(12(14,15)16)6-9(18-19)11(20)17-8-5-3-2-4-7(8)13/h2-6H,1H3,(H,17,20). The summed E-state index contributed by atoms with van der Waals surface area (Å²) < 4.78 is 39.1. The number of anilines is 1. The average molecular weight is 348 g/mol. The molecule has 0 saturated heterocycles. The van der Waals surface area contributed by atoms with Gasteiger partial charge >= 0.3 is 6.18 Å². The molecule has 0 aliphatic rings. The lowest BCUT2D eigenvalue weighted by atomic mass is 10.3. The minimum Gasteiger partial charge on any atom is -0.320 e. The number of aryl methyl sites for hydroxylation is 1. The number of para-hydroxylation sites is 1. The molecule has 20 heavy (non-hydrogen) atoms. The van der Waals surface area contributed by atoms with E-state index in [1.165, 1.54) is 0 Å². The topological polar surface area (TPSA) is 46.9 Å². The highest BCUT2D eigenvalue weighted by Crippen LogP contribution is 2.29. The first-order chi connectivity index (χ1) is 9.29. The maximum atomic E-state index is 12.6. The molecule has 0 radical (unpaired) electrons. The molecule has 0 fully saturated rings. The number of hydrogen-bond donors (Lipinski definition) is 1. The molecular formula is C12H9BrF3N3O. The van der Waals surface area contributed by atoms with Crippen molar-refractivity contribution in [2.75, 3.05) is 5.32 Å². The van der Waals surface area contributed by atoms with E-state index in [4.69, 9.17) is 0 Å². The zero-order valence-corrected chi connectivity index (χ0v) is 11.8. The van der Waals surface area contributed by atoms with E-state index in [2.05, 4.69) is 26.3 Å². The average Bonchev–Trinajstić information content (AvgIpc) is 2.74. The van der Waals surface area contributed by atoms with Gasteiger partial charge in [0.05, 0.1) is 5.69 Å². The van der Waals surface area contributed by atoms with E-state index in [0.29, 0.717) is 20.9 Å². The summed E-state index contributed by atoms with van der Waals surface area (Å²) in [6.45, 7) is 0. The van der Waals surface area contributed by atoms with Crippen LogP contribution in [0.3, 0.4) is 0 Å². The van der Waals surface area contributed by atoms with E-state index in [1.807, 2.05) is 0 Å². The molecule has 2 aromatic rings. The largest absolute Gasteiger partial charge is 0.433 e. The molecule has 1 aromatic heterocycles. The van der Waals surface area contributed by atoms with Crippen LogP contribution in [0, 0.1) is 0 Å². The number of carbonyl (C=O) groups is 1. The Morgan fingerprint density at radius 3 is 2.55 bits per heavy atom. The van der Waals surface area contributed by atoms with Crippen LogP contribution in [-0.2, 0) is 13.2 Å². The predicted molar refractivity (Wildman–Crippen MR) is 70.3 cm³/mol. The Kier molecular flexibility index (Phi) is 3.85. The molecule has 106 valence electrons. The van der Waals surface area contributed by atoms with Gasteiger partial charge in [0, 0.05) is 17.6 Å². The minimum absolute atomic E-state index is 0.296. The number of rotatable bonds is 2. The van der Waals surface area contributed by atoms with Gasteiger partial charge in [0.1, 0.15) is 5.69 Å². The summed E-state index contributed by atoms with van der Waals surface area (Å²) >= 11 is 3.23. The molecule has 1 aromatic carbocycles. The Bertz CT molecular complexity index is 652. The van der Waals surface area contributed by atoms with Gasteiger partial charge in [-0.25, -0.2) is 0 Å². The highest BCUT2D eigenvalue weighted by atomic mass is 79.9. The van der Waals surface area contributed by atoms with Gasteiger partial charge in [0.25, 0.3) is 5.91 Å². The molecule has 1 heterocycles. The molecule has 0 spiro atoms. The molecule has 1 N–H and O–H groups in total. The molecule has 4 nitrogen and oxygen atoms in total. The lowest BCUT2D eigenvalue weighted by molar-refractivity contribution is -0.143. The molecule has 0 saturated carbocycles. The zero-order chi connectivity index (χ0) is 14.9. The molecule has 1 amide bonds. The monoisotopic (exact) mass is 347 g/mol. The third kappa shape index (κ3) is 3.01. The number of nitrogens with one attached hydrogen (secondary N) is 1. The Morgan fingerprint density at radius 1 is 1.35 bits per heavy atom. The molecule has 0 unspecified atom stereocenters. The molecule has 8 heteroatoms. The van der Waals surface area contributed by atoms with Gasteiger partial charge < -0.3 is 5.32 Å². The number of benzene rings is 1. The highest BCUT2D eigenvalue weighted by Gasteiger charge is 2.35. The van der Waals surface area contributed by atoms with Crippen molar-refractivity contribution in [2.45, 2.75) is 6.18 Å². The van der Waals surface area contributed by atoms with Gasteiger partial charge in [-0.3, -0.25) is 9.48 Å². The highest BCUT2D eigenvalue weighted by molar-refractivity contribution is 9.10. The Balaban J connectivity index is 2.25. The summed E-state index contributed by atoms with van der Waals surface area (Å²) in [5.41, 5.74) is -0.818. The van der Waals surface area contributed by atoms with Crippen LogP contribution in [0.2, 0.25) is 0 Å². The second-order valence-corrected chi connectivity index (χ2v) is 4.82. The number of nitrogens with zero attached hydrogens (tertiary/aromatic N) is 2. The van der Waals surface area contributed by atoms with Crippen molar-refractivity contribution < 1.29 is 18.0 Å². The van der Waals surface area contributed by atoms with Gasteiger partial charge in [-0.2, -0.15) is 18.3 Å². The number of hydrogen-bond acceptors (Lipinski definition) is 2.